The van der Waals surface area contributed by atoms with Gasteiger partial charge in [-0.1, -0.05) is 30.3 Å². The van der Waals surface area contributed by atoms with Crippen LogP contribution in [0.15, 0.2) is 30.3 Å². The molecule has 4 fully saturated rings. The van der Waals surface area contributed by atoms with Crippen molar-refractivity contribution in [3.63, 3.8) is 0 Å². The minimum atomic E-state index is -0.189. The molecule has 0 unspecified atom stereocenters. The Hall–Kier alpha value is -1.59. The van der Waals surface area contributed by atoms with Crippen LogP contribution in [0.5, 0.6) is 0 Å². The van der Waals surface area contributed by atoms with Crippen LogP contribution in [-0.4, -0.2) is 54.2 Å². The number of carbonyl (C=O) groups excluding carboxylic acids is 1. The van der Waals surface area contributed by atoms with Crippen molar-refractivity contribution in [1.82, 2.24) is 9.80 Å². The number of piperazine rings is 1. The second-order valence-corrected chi connectivity index (χ2v) is 8.37. The number of ether oxygens (including phenoxy) is 1. The molecule has 2 bridgehead atoms. The molecule has 5 rings (SSSR count). The monoisotopic (exact) mass is 343 g/mol. The standard InChI is InChI=1S/C20H29N3O2/c21-20-14-19(15-20,16-20)7-4-8-22-9-11-23(12-10-22)18(24)25-13-17-5-2-1-3-6-17/h1-3,5-6H,4,7-16,21H2. The molecule has 136 valence electrons. The fourth-order valence-corrected chi connectivity index (χ4v) is 4.99. The van der Waals surface area contributed by atoms with Crippen LogP contribution in [0.25, 0.3) is 0 Å². The SMILES string of the molecule is NC12CC(CCCN3CCN(C(=O)OCc4ccccc4)CC3)(C1)C2. The molecule has 0 atom stereocenters. The minimum absolute atomic E-state index is 0.189. The quantitative estimate of drug-likeness (QED) is 0.862. The number of amides is 1. The Labute approximate surface area is 150 Å². The lowest BCUT2D eigenvalue weighted by Gasteiger charge is -2.69. The summed E-state index contributed by atoms with van der Waals surface area (Å²) in [6.45, 7) is 4.94. The molecule has 3 aliphatic carbocycles. The molecular formula is C20H29N3O2. The first kappa shape index (κ1) is 16.9. The van der Waals surface area contributed by atoms with Gasteiger partial charge in [-0.3, -0.25) is 4.90 Å². The van der Waals surface area contributed by atoms with Gasteiger partial charge in [0.15, 0.2) is 0 Å². The lowest BCUT2D eigenvalue weighted by Crippen LogP contribution is -2.72. The van der Waals surface area contributed by atoms with Crippen molar-refractivity contribution in [2.24, 2.45) is 11.1 Å². The zero-order chi connectivity index (χ0) is 17.3. The van der Waals surface area contributed by atoms with Crippen LogP contribution in [0.1, 0.15) is 37.7 Å². The molecule has 1 saturated heterocycles. The number of benzene rings is 1. The normalized spacial score (nSPS) is 31.2. The van der Waals surface area contributed by atoms with Gasteiger partial charge < -0.3 is 15.4 Å². The van der Waals surface area contributed by atoms with Crippen LogP contribution in [0.2, 0.25) is 0 Å². The number of nitrogens with zero attached hydrogens (tertiary/aromatic N) is 2. The molecule has 1 aliphatic heterocycles. The molecule has 5 heteroatoms. The van der Waals surface area contributed by atoms with Gasteiger partial charge in [0.1, 0.15) is 6.61 Å². The molecule has 1 heterocycles. The van der Waals surface area contributed by atoms with Gasteiger partial charge >= 0.3 is 6.09 Å². The third-order valence-electron chi connectivity index (χ3n) is 6.20. The molecule has 1 amide bonds. The van der Waals surface area contributed by atoms with E-state index in [1.54, 1.807) is 0 Å². The minimum Gasteiger partial charge on any atom is -0.445 e. The third kappa shape index (κ3) is 3.67. The molecule has 1 aromatic rings. The maximum atomic E-state index is 12.2. The molecule has 5 nitrogen and oxygen atoms in total. The summed E-state index contributed by atoms with van der Waals surface area (Å²) < 4.78 is 5.42. The number of rotatable bonds is 6. The maximum absolute atomic E-state index is 12.2. The van der Waals surface area contributed by atoms with E-state index in [1.165, 1.54) is 32.1 Å². The van der Waals surface area contributed by atoms with E-state index in [2.05, 4.69) is 4.90 Å². The molecule has 2 N–H and O–H groups in total. The molecular weight excluding hydrogens is 314 g/mol. The maximum Gasteiger partial charge on any atom is 0.410 e. The predicted octanol–water partition coefficient (Wildman–Crippen LogP) is 2.60. The van der Waals surface area contributed by atoms with Crippen molar-refractivity contribution < 1.29 is 9.53 Å². The van der Waals surface area contributed by atoms with Crippen LogP contribution in [-0.2, 0) is 11.3 Å². The first-order valence-electron chi connectivity index (χ1n) is 9.53. The molecule has 1 aromatic carbocycles. The average molecular weight is 343 g/mol. The van der Waals surface area contributed by atoms with Crippen LogP contribution < -0.4 is 5.73 Å². The highest BCUT2D eigenvalue weighted by atomic mass is 16.6. The Bertz CT molecular complexity index is 591. The van der Waals surface area contributed by atoms with Gasteiger partial charge in [0.05, 0.1) is 0 Å². The van der Waals surface area contributed by atoms with Gasteiger partial charge in [-0.15, -0.1) is 0 Å². The molecule has 0 radical (unpaired) electrons. The Morgan fingerprint density at radius 2 is 1.76 bits per heavy atom. The summed E-state index contributed by atoms with van der Waals surface area (Å²) in [6.07, 6.45) is 6.15. The number of nitrogens with two attached hydrogens (primary N) is 1. The summed E-state index contributed by atoms with van der Waals surface area (Å²) in [5.74, 6) is 0. The van der Waals surface area contributed by atoms with Crippen molar-refractivity contribution in [3.05, 3.63) is 35.9 Å². The van der Waals surface area contributed by atoms with Crippen molar-refractivity contribution in [3.8, 4) is 0 Å². The van der Waals surface area contributed by atoms with Gasteiger partial charge in [-0.05, 0) is 49.6 Å². The van der Waals surface area contributed by atoms with Gasteiger partial charge in [0, 0.05) is 31.7 Å². The number of hydrogen-bond donors (Lipinski definition) is 1. The Kier molecular flexibility index (Phi) is 4.46. The van der Waals surface area contributed by atoms with E-state index in [0.717, 1.165) is 38.3 Å². The highest BCUT2D eigenvalue weighted by Crippen LogP contribution is 2.67. The molecule has 25 heavy (non-hydrogen) atoms. The molecule has 4 aliphatic rings. The fourth-order valence-electron chi connectivity index (χ4n) is 4.99. The van der Waals surface area contributed by atoms with E-state index in [0.29, 0.717) is 12.0 Å². The van der Waals surface area contributed by atoms with Crippen LogP contribution >= 0.6 is 0 Å². The Morgan fingerprint density at radius 1 is 1.08 bits per heavy atom. The van der Waals surface area contributed by atoms with E-state index in [4.69, 9.17) is 10.5 Å². The van der Waals surface area contributed by atoms with Crippen molar-refractivity contribution >= 4 is 6.09 Å². The lowest BCUT2D eigenvalue weighted by molar-refractivity contribution is -0.138. The van der Waals surface area contributed by atoms with Gasteiger partial charge in [0.2, 0.25) is 0 Å². The topological polar surface area (TPSA) is 58.8 Å². The first-order chi connectivity index (χ1) is 12.1. The highest BCUT2D eigenvalue weighted by molar-refractivity contribution is 5.67. The molecule has 0 spiro atoms. The van der Waals surface area contributed by atoms with E-state index >= 15 is 0 Å². The van der Waals surface area contributed by atoms with E-state index in [1.807, 2.05) is 35.2 Å². The van der Waals surface area contributed by atoms with Crippen LogP contribution in [0, 0.1) is 5.41 Å². The largest absolute Gasteiger partial charge is 0.445 e. The van der Waals surface area contributed by atoms with Crippen LogP contribution in [0.4, 0.5) is 4.79 Å². The third-order valence-corrected chi connectivity index (χ3v) is 6.20. The number of carbonyl (C=O) groups is 1. The molecule has 0 aromatic heterocycles. The van der Waals surface area contributed by atoms with Crippen molar-refractivity contribution in [1.29, 1.82) is 0 Å². The van der Waals surface area contributed by atoms with E-state index in [9.17, 15) is 4.79 Å². The number of hydrogen-bond acceptors (Lipinski definition) is 4. The summed E-state index contributed by atoms with van der Waals surface area (Å²) in [6, 6.07) is 9.84. The van der Waals surface area contributed by atoms with E-state index < -0.39 is 0 Å². The first-order valence-corrected chi connectivity index (χ1v) is 9.53. The zero-order valence-corrected chi connectivity index (χ0v) is 15.0. The van der Waals surface area contributed by atoms with Crippen LogP contribution in [0.3, 0.4) is 0 Å². The second kappa shape index (κ2) is 6.61. The predicted molar refractivity (Wildman–Crippen MR) is 97.1 cm³/mol. The zero-order valence-electron chi connectivity index (χ0n) is 15.0. The average Bonchev–Trinajstić information content (AvgIpc) is 2.58. The fraction of sp³-hybridized carbons (Fsp3) is 0.650. The molecule has 3 saturated carbocycles. The van der Waals surface area contributed by atoms with E-state index in [-0.39, 0.29) is 11.6 Å². The van der Waals surface area contributed by atoms with Gasteiger partial charge in [-0.2, -0.15) is 0 Å². The van der Waals surface area contributed by atoms with Gasteiger partial charge in [-0.25, -0.2) is 4.79 Å². The summed E-state index contributed by atoms with van der Waals surface area (Å²) in [5.41, 5.74) is 8.00. The lowest BCUT2D eigenvalue weighted by atomic mass is 9.38. The van der Waals surface area contributed by atoms with Gasteiger partial charge in [0.25, 0.3) is 0 Å². The smallest absolute Gasteiger partial charge is 0.410 e. The summed E-state index contributed by atoms with van der Waals surface area (Å²) >= 11 is 0. The summed E-state index contributed by atoms with van der Waals surface area (Å²) in [7, 11) is 0. The summed E-state index contributed by atoms with van der Waals surface area (Å²) in [4.78, 5) is 16.5. The Balaban J connectivity index is 1.11. The highest BCUT2D eigenvalue weighted by Gasteiger charge is 2.64. The van der Waals surface area contributed by atoms with Crippen molar-refractivity contribution in [2.45, 2.75) is 44.2 Å². The second-order valence-electron chi connectivity index (χ2n) is 8.37. The summed E-state index contributed by atoms with van der Waals surface area (Å²) in [5, 5.41) is 0. The Morgan fingerprint density at radius 3 is 2.40 bits per heavy atom. The van der Waals surface area contributed by atoms with Crippen molar-refractivity contribution in [2.75, 3.05) is 32.7 Å².